The maximum atomic E-state index is 12.7. The number of para-hydroxylation sites is 1. The number of rotatable bonds is 6. The lowest BCUT2D eigenvalue weighted by Crippen LogP contribution is -2.14. The van der Waals surface area contributed by atoms with E-state index in [-0.39, 0.29) is 12.2 Å². The molecule has 150 valence electrons. The van der Waals surface area contributed by atoms with Crippen molar-refractivity contribution >= 4 is 29.3 Å². The molecule has 0 aromatic heterocycles. The molecule has 5 heteroatoms. The molecule has 0 heterocycles. The lowest BCUT2D eigenvalue weighted by molar-refractivity contribution is -0.112. The molecular weight excluding hydrogens is 396 g/mol. The van der Waals surface area contributed by atoms with E-state index in [1.165, 1.54) is 6.08 Å². The first-order valence-corrected chi connectivity index (χ1v) is 9.81. The first-order valence-electron chi connectivity index (χ1n) is 9.43. The Morgan fingerprint density at radius 1 is 1.10 bits per heavy atom. The smallest absolute Gasteiger partial charge is 0.266 e. The lowest BCUT2D eigenvalue weighted by atomic mass is 10.1. The Hall–Kier alpha value is -3.55. The highest BCUT2D eigenvalue weighted by atomic mass is 35.5. The zero-order valence-electron chi connectivity index (χ0n) is 16.8. The molecule has 0 aliphatic rings. The van der Waals surface area contributed by atoms with Gasteiger partial charge in [0.15, 0.2) is 0 Å². The third-order valence-electron chi connectivity index (χ3n) is 4.57. The number of anilines is 1. The second-order valence-electron chi connectivity index (χ2n) is 6.86. The second kappa shape index (κ2) is 9.78. The van der Waals surface area contributed by atoms with Crippen molar-refractivity contribution in [2.45, 2.75) is 20.5 Å². The number of hydrogen-bond acceptors (Lipinski definition) is 3. The normalized spacial score (nSPS) is 10.9. The summed E-state index contributed by atoms with van der Waals surface area (Å²) in [5, 5.41) is 13.0. The van der Waals surface area contributed by atoms with Gasteiger partial charge < -0.3 is 10.1 Å². The van der Waals surface area contributed by atoms with Crippen LogP contribution in [0.15, 0.2) is 72.3 Å². The van der Waals surface area contributed by atoms with Crippen molar-refractivity contribution in [3.05, 3.63) is 99.6 Å². The average molecular weight is 417 g/mol. The number of nitrogens with zero attached hydrogens (tertiary/aromatic N) is 1. The van der Waals surface area contributed by atoms with Crippen LogP contribution in [0.3, 0.4) is 0 Å². The Balaban J connectivity index is 1.82. The summed E-state index contributed by atoms with van der Waals surface area (Å²) in [5.41, 5.74) is 4.11. The quantitative estimate of drug-likeness (QED) is 0.391. The number of halogens is 1. The van der Waals surface area contributed by atoms with E-state index in [9.17, 15) is 10.1 Å². The van der Waals surface area contributed by atoms with E-state index in [2.05, 4.69) is 5.32 Å². The lowest BCUT2D eigenvalue weighted by Gasteiger charge is -2.11. The minimum Gasteiger partial charge on any atom is -0.488 e. The van der Waals surface area contributed by atoms with Crippen molar-refractivity contribution in [3.63, 3.8) is 0 Å². The first kappa shape index (κ1) is 21.2. The minimum atomic E-state index is -0.466. The molecule has 0 atom stereocenters. The largest absolute Gasteiger partial charge is 0.488 e. The van der Waals surface area contributed by atoms with Crippen LogP contribution in [-0.4, -0.2) is 5.91 Å². The van der Waals surface area contributed by atoms with Gasteiger partial charge >= 0.3 is 0 Å². The van der Waals surface area contributed by atoms with Gasteiger partial charge in [-0.15, -0.1) is 0 Å². The zero-order valence-corrected chi connectivity index (χ0v) is 17.5. The summed E-state index contributed by atoms with van der Waals surface area (Å²) in [6, 6.07) is 22.5. The van der Waals surface area contributed by atoms with Gasteiger partial charge in [-0.3, -0.25) is 4.79 Å². The van der Waals surface area contributed by atoms with Gasteiger partial charge in [0.2, 0.25) is 0 Å². The number of carbonyl (C=O) groups is 1. The number of carbonyl (C=O) groups excluding carboxylic acids is 1. The number of ether oxygens (including phenoxy) is 1. The van der Waals surface area contributed by atoms with Gasteiger partial charge in [-0.2, -0.15) is 5.26 Å². The summed E-state index contributed by atoms with van der Waals surface area (Å²) in [6.45, 7) is 4.13. The Labute approximate surface area is 181 Å². The van der Waals surface area contributed by atoms with Crippen molar-refractivity contribution in [1.82, 2.24) is 0 Å². The van der Waals surface area contributed by atoms with E-state index in [1.807, 2.05) is 68.4 Å². The average Bonchev–Trinajstić information content (AvgIpc) is 2.74. The van der Waals surface area contributed by atoms with Gasteiger partial charge in [-0.05, 0) is 49.2 Å². The van der Waals surface area contributed by atoms with Crippen LogP contribution < -0.4 is 10.1 Å². The van der Waals surface area contributed by atoms with Gasteiger partial charge in [-0.1, -0.05) is 60.1 Å². The van der Waals surface area contributed by atoms with Crippen molar-refractivity contribution < 1.29 is 9.53 Å². The van der Waals surface area contributed by atoms with Crippen molar-refractivity contribution in [1.29, 1.82) is 5.26 Å². The first-order chi connectivity index (χ1) is 14.5. The second-order valence-corrected chi connectivity index (χ2v) is 7.27. The molecular formula is C25H21ClN2O2. The van der Waals surface area contributed by atoms with Gasteiger partial charge in [-0.25, -0.2) is 0 Å². The fourth-order valence-electron chi connectivity index (χ4n) is 2.87. The fourth-order valence-corrected chi connectivity index (χ4v) is 3.06. The summed E-state index contributed by atoms with van der Waals surface area (Å²) >= 11 is 6.19. The Morgan fingerprint density at radius 2 is 1.83 bits per heavy atom. The maximum absolute atomic E-state index is 12.7. The van der Waals surface area contributed by atoms with E-state index < -0.39 is 5.91 Å². The van der Waals surface area contributed by atoms with E-state index in [1.54, 1.807) is 18.2 Å². The van der Waals surface area contributed by atoms with Gasteiger partial charge in [0, 0.05) is 21.8 Å². The van der Waals surface area contributed by atoms with Gasteiger partial charge in [0.1, 0.15) is 24.0 Å². The summed E-state index contributed by atoms with van der Waals surface area (Å²) in [6.07, 6.45) is 1.53. The molecule has 0 radical (unpaired) electrons. The monoisotopic (exact) mass is 416 g/mol. The summed E-state index contributed by atoms with van der Waals surface area (Å²) in [5.74, 6) is 0.0943. The van der Waals surface area contributed by atoms with E-state index in [0.29, 0.717) is 22.0 Å². The topological polar surface area (TPSA) is 62.1 Å². The number of amides is 1. The van der Waals surface area contributed by atoms with E-state index in [4.69, 9.17) is 16.3 Å². The van der Waals surface area contributed by atoms with Crippen LogP contribution >= 0.6 is 11.6 Å². The molecule has 0 saturated heterocycles. The van der Waals surface area contributed by atoms with Gasteiger partial charge in [0.05, 0.1) is 0 Å². The molecule has 30 heavy (non-hydrogen) atoms. The maximum Gasteiger partial charge on any atom is 0.266 e. The molecule has 0 bridgehead atoms. The molecule has 4 nitrogen and oxygen atoms in total. The SMILES string of the molecule is Cc1ccc(C)c(NC(=O)/C(C#N)=C\c2ccccc2OCc2ccccc2Cl)c1. The molecule has 0 aliphatic heterocycles. The van der Waals surface area contributed by atoms with Crippen LogP contribution in [0.25, 0.3) is 6.08 Å². The predicted octanol–water partition coefficient (Wildman–Crippen LogP) is 6.08. The highest BCUT2D eigenvalue weighted by molar-refractivity contribution is 6.31. The fraction of sp³-hybridized carbons (Fsp3) is 0.120. The highest BCUT2D eigenvalue weighted by Crippen LogP contribution is 2.24. The molecule has 0 unspecified atom stereocenters. The molecule has 0 aliphatic carbocycles. The van der Waals surface area contributed by atoms with Crippen LogP contribution in [0.5, 0.6) is 5.75 Å². The molecule has 3 aromatic rings. The number of benzene rings is 3. The van der Waals surface area contributed by atoms with Crippen LogP contribution in [0.1, 0.15) is 22.3 Å². The molecule has 1 amide bonds. The zero-order chi connectivity index (χ0) is 21.5. The highest BCUT2D eigenvalue weighted by Gasteiger charge is 2.13. The summed E-state index contributed by atoms with van der Waals surface area (Å²) < 4.78 is 5.91. The van der Waals surface area contributed by atoms with E-state index in [0.717, 1.165) is 16.7 Å². The molecule has 3 rings (SSSR count). The van der Waals surface area contributed by atoms with Crippen LogP contribution in [0, 0.1) is 25.2 Å². The summed E-state index contributed by atoms with van der Waals surface area (Å²) in [7, 11) is 0. The third-order valence-corrected chi connectivity index (χ3v) is 4.93. The Bertz CT molecular complexity index is 1150. The van der Waals surface area contributed by atoms with Crippen molar-refractivity contribution in [3.8, 4) is 11.8 Å². The molecule has 1 N–H and O–H groups in total. The third kappa shape index (κ3) is 5.28. The molecule has 3 aromatic carbocycles. The Morgan fingerprint density at radius 3 is 2.60 bits per heavy atom. The Kier molecular flexibility index (Phi) is 6.90. The van der Waals surface area contributed by atoms with Crippen molar-refractivity contribution in [2.75, 3.05) is 5.32 Å². The van der Waals surface area contributed by atoms with Crippen LogP contribution in [0.2, 0.25) is 5.02 Å². The minimum absolute atomic E-state index is 0.00954. The number of aryl methyl sites for hydroxylation is 2. The standard InChI is InChI=1S/C25H21ClN2O2/c1-17-11-12-18(2)23(13-17)28-25(29)21(15-27)14-19-7-4-6-10-24(19)30-16-20-8-3-5-9-22(20)26/h3-14H,16H2,1-2H3,(H,28,29)/b21-14-. The molecule has 0 spiro atoms. The predicted molar refractivity (Wildman–Crippen MR) is 120 cm³/mol. The van der Waals surface area contributed by atoms with Crippen molar-refractivity contribution in [2.24, 2.45) is 0 Å². The molecule has 0 fully saturated rings. The number of hydrogen-bond donors (Lipinski definition) is 1. The van der Waals surface area contributed by atoms with E-state index >= 15 is 0 Å². The van der Waals surface area contributed by atoms with Gasteiger partial charge in [0.25, 0.3) is 5.91 Å². The van der Waals surface area contributed by atoms with Crippen LogP contribution in [0.4, 0.5) is 5.69 Å². The number of nitriles is 1. The van der Waals surface area contributed by atoms with Crippen LogP contribution in [-0.2, 0) is 11.4 Å². The summed E-state index contributed by atoms with van der Waals surface area (Å²) in [4.78, 5) is 12.7. The molecule has 0 saturated carbocycles. The number of nitrogens with one attached hydrogen (secondary N) is 1.